The lowest BCUT2D eigenvalue weighted by molar-refractivity contribution is -0.134. The molecule has 0 spiro atoms. The Morgan fingerprint density at radius 2 is 1.88 bits per heavy atom. The zero-order valence-electron chi connectivity index (χ0n) is 10.2. The van der Waals surface area contributed by atoms with E-state index in [1.807, 2.05) is 4.90 Å². The van der Waals surface area contributed by atoms with Gasteiger partial charge in [-0.3, -0.25) is 4.79 Å². The van der Waals surface area contributed by atoms with E-state index in [-0.39, 0.29) is 17.9 Å². The number of amides is 1. The van der Waals surface area contributed by atoms with Gasteiger partial charge in [0.1, 0.15) is 0 Å². The summed E-state index contributed by atoms with van der Waals surface area (Å²) in [6, 6.07) is -0.102. The van der Waals surface area contributed by atoms with Crippen molar-refractivity contribution in [3.8, 4) is 0 Å². The molecule has 1 aliphatic carbocycles. The minimum absolute atomic E-state index is 0.102. The fourth-order valence-electron chi connectivity index (χ4n) is 2.79. The maximum absolute atomic E-state index is 12.1. The van der Waals surface area contributed by atoms with Gasteiger partial charge in [0.05, 0.1) is 6.26 Å². The number of likely N-dealkylation sites (tertiary alicyclic amines) is 1. The van der Waals surface area contributed by atoms with Gasteiger partial charge in [0, 0.05) is 25.0 Å². The Labute approximate surface area is 103 Å². The van der Waals surface area contributed by atoms with Crippen LogP contribution in [-0.4, -0.2) is 44.6 Å². The third kappa shape index (κ3) is 3.42. The summed E-state index contributed by atoms with van der Waals surface area (Å²) in [7, 11) is -3.16. The number of carbonyl (C=O) groups is 1. The predicted molar refractivity (Wildman–Crippen MR) is 64.9 cm³/mol. The number of hydrogen-bond donors (Lipinski definition) is 1. The minimum atomic E-state index is -3.16. The number of nitrogens with zero attached hydrogens (tertiary/aromatic N) is 1. The van der Waals surface area contributed by atoms with E-state index in [1.54, 1.807) is 0 Å². The third-order valence-electron chi connectivity index (χ3n) is 3.59. The molecular formula is C11H20N2O3S. The summed E-state index contributed by atoms with van der Waals surface area (Å²) < 4.78 is 24.8. The van der Waals surface area contributed by atoms with Crippen molar-refractivity contribution in [3.05, 3.63) is 0 Å². The first-order valence-corrected chi connectivity index (χ1v) is 8.11. The Morgan fingerprint density at radius 3 is 2.47 bits per heavy atom. The summed E-state index contributed by atoms with van der Waals surface area (Å²) in [6.45, 7) is 1.21. The molecule has 1 saturated carbocycles. The Kier molecular flexibility index (Phi) is 3.73. The minimum Gasteiger partial charge on any atom is -0.341 e. The highest BCUT2D eigenvalue weighted by Crippen LogP contribution is 2.27. The molecule has 0 bridgehead atoms. The second-order valence-electron chi connectivity index (χ2n) is 5.14. The SMILES string of the molecule is CS(=O)(=O)N[C@@H]1CCN(C(=O)C2CCCC2)C1. The third-order valence-corrected chi connectivity index (χ3v) is 4.35. The van der Waals surface area contributed by atoms with E-state index in [1.165, 1.54) is 0 Å². The molecule has 5 nitrogen and oxygen atoms in total. The summed E-state index contributed by atoms with van der Waals surface area (Å²) in [5.74, 6) is 0.410. The van der Waals surface area contributed by atoms with Gasteiger partial charge in [0.15, 0.2) is 0 Å². The van der Waals surface area contributed by atoms with Crippen molar-refractivity contribution in [2.45, 2.75) is 38.1 Å². The van der Waals surface area contributed by atoms with Gasteiger partial charge in [-0.15, -0.1) is 0 Å². The number of hydrogen-bond acceptors (Lipinski definition) is 3. The van der Waals surface area contributed by atoms with Crippen molar-refractivity contribution in [2.24, 2.45) is 5.92 Å². The molecule has 6 heteroatoms. The van der Waals surface area contributed by atoms with Gasteiger partial charge < -0.3 is 4.90 Å². The van der Waals surface area contributed by atoms with E-state index in [9.17, 15) is 13.2 Å². The van der Waals surface area contributed by atoms with Crippen molar-refractivity contribution in [1.29, 1.82) is 0 Å². The standard InChI is InChI=1S/C11H20N2O3S/c1-17(15,16)12-10-6-7-13(8-10)11(14)9-4-2-3-5-9/h9-10,12H,2-8H2,1H3/t10-/m1/s1. The smallest absolute Gasteiger partial charge is 0.225 e. The van der Waals surface area contributed by atoms with Crippen LogP contribution in [0.3, 0.4) is 0 Å². The van der Waals surface area contributed by atoms with Crippen LogP contribution in [0.1, 0.15) is 32.1 Å². The molecule has 0 radical (unpaired) electrons. The molecule has 98 valence electrons. The van der Waals surface area contributed by atoms with E-state index in [0.717, 1.165) is 38.4 Å². The fourth-order valence-corrected chi connectivity index (χ4v) is 3.59. The van der Waals surface area contributed by atoms with Crippen LogP contribution in [0, 0.1) is 5.92 Å². The molecule has 0 unspecified atom stereocenters. The molecule has 2 fully saturated rings. The molecule has 17 heavy (non-hydrogen) atoms. The average molecular weight is 260 g/mol. The van der Waals surface area contributed by atoms with Crippen LogP contribution in [0.2, 0.25) is 0 Å². The Bertz CT molecular complexity index is 388. The van der Waals surface area contributed by atoms with Crippen LogP contribution in [-0.2, 0) is 14.8 Å². The molecule has 1 saturated heterocycles. The van der Waals surface area contributed by atoms with Crippen molar-refractivity contribution in [3.63, 3.8) is 0 Å². The molecular weight excluding hydrogens is 240 g/mol. The van der Waals surface area contributed by atoms with Gasteiger partial charge in [-0.2, -0.15) is 0 Å². The first-order chi connectivity index (χ1) is 7.96. The van der Waals surface area contributed by atoms with Crippen molar-refractivity contribution >= 4 is 15.9 Å². The van der Waals surface area contributed by atoms with E-state index in [0.29, 0.717) is 13.1 Å². The lowest BCUT2D eigenvalue weighted by Gasteiger charge is -2.20. The Balaban J connectivity index is 1.87. The average Bonchev–Trinajstić information content (AvgIpc) is 2.83. The highest BCUT2D eigenvalue weighted by atomic mass is 32.2. The highest BCUT2D eigenvalue weighted by molar-refractivity contribution is 7.88. The second-order valence-corrected chi connectivity index (χ2v) is 6.92. The van der Waals surface area contributed by atoms with Crippen molar-refractivity contribution in [2.75, 3.05) is 19.3 Å². The largest absolute Gasteiger partial charge is 0.341 e. The lowest BCUT2D eigenvalue weighted by atomic mass is 10.1. The normalized spacial score (nSPS) is 26.6. The molecule has 0 aromatic heterocycles. The van der Waals surface area contributed by atoms with Gasteiger partial charge in [-0.25, -0.2) is 13.1 Å². The van der Waals surface area contributed by atoms with Crippen molar-refractivity contribution in [1.82, 2.24) is 9.62 Å². The zero-order chi connectivity index (χ0) is 12.5. The molecule has 2 aliphatic rings. The van der Waals surface area contributed by atoms with Crippen LogP contribution in [0.25, 0.3) is 0 Å². The molecule has 0 aromatic rings. The summed E-state index contributed by atoms with van der Waals surface area (Å²) in [4.78, 5) is 13.9. The van der Waals surface area contributed by atoms with Crippen LogP contribution in [0.5, 0.6) is 0 Å². The number of carbonyl (C=O) groups excluding carboxylic acids is 1. The number of nitrogens with one attached hydrogen (secondary N) is 1. The topological polar surface area (TPSA) is 66.5 Å². The van der Waals surface area contributed by atoms with E-state index >= 15 is 0 Å². The molecule has 0 aromatic carbocycles. The fraction of sp³-hybridized carbons (Fsp3) is 0.909. The predicted octanol–water partition coefficient (Wildman–Crippen LogP) is 0.327. The van der Waals surface area contributed by atoms with E-state index < -0.39 is 10.0 Å². The van der Waals surface area contributed by atoms with Gasteiger partial charge in [0.25, 0.3) is 0 Å². The summed E-state index contributed by atoms with van der Waals surface area (Å²) in [5.41, 5.74) is 0. The summed E-state index contributed by atoms with van der Waals surface area (Å²) in [5, 5.41) is 0. The second kappa shape index (κ2) is 4.94. The first kappa shape index (κ1) is 12.8. The van der Waals surface area contributed by atoms with Crippen LogP contribution >= 0.6 is 0 Å². The Hall–Kier alpha value is -0.620. The number of sulfonamides is 1. The molecule has 1 heterocycles. The maximum Gasteiger partial charge on any atom is 0.225 e. The lowest BCUT2D eigenvalue weighted by Crippen LogP contribution is -2.39. The van der Waals surface area contributed by atoms with Gasteiger partial charge in [0.2, 0.25) is 15.9 Å². The molecule has 1 aliphatic heterocycles. The summed E-state index contributed by atoms with van der Waals surface area (Å²) in [6.07, 6.45) is 6.18. The van der Waals surface area contributed by atoms with Crippen LogP contribution in [0.4, 0.5) is 0 Å². The van der Waals surface area contributed by atoms with E-state index in [4.69, 9.17) is 0 Å². The van der Waals surface area contributed by atoms with Crippen molar-refractivity contribution < 1.29 is 13.2 Å². The Morgan fingerprint density at radius 1 is 1.24 bits per heavy atom. The first-order valence-electron chi connectivity index (χ1n) is 6.22. The highest BCUT2D eigenvalue weighted by Gasteiger charge is 2.32. The van der Waals surface area contributed by atoms with Crippen LogP contribution in [0.15, 0.2) is 0 Å². The van der Waals surface area contributed by atoms with Gasteiger partial charge in [-0.05, 0) is 19.3 Å². The molecule has 1 amide bonds. The zero-order valence-corrected chi connectivity index (χ0v) is 11.0. The monoisotopic (exact) mass is 260 g/mol. The molecule has 2 rings (SSSR count). The summed E-state index contributed by atoms with van der Waals surface area (Å²) >= 11 is 0. The molecule has 1 N–H and O–H groups in total. The van der Waals surface area contributed by atoms with Crippen LogP contribution < -0.4 is 4.72 Å². The molecule has 1 atom stereocenters. The van der Waals surface area contributed by atoms with Gasteiger partial charge in [-0.1, -0.05) is 12.8 Å². The van der Waals surface area contributed by atoms with Gasteiger partial charge >= 0.3 is 0 Å². The van der Waals surface area contributed by atoms with E-state index in [2.05, 4.69) is 4.72 Å². The maximum atomic E-state index is 12.1. The number of rotatable bonds is 3. The quantitative estimate of drug-likeness (QED) is 0.795.